The normalized spacial score (nSPS) is 14.6. The van der Waals surface area contributed by atoms with Gasteiger partial charge in [-0.3, -0.25) is 0 Å². The number of hydrogen-bond donors (Lipinski definition) is 0. The number of aromatic nitrogens is 1. The largest absolute Gasteiger partial charge is 0.633 e. The topological polar surface area (TPSA) is 26.6 Å². The van der Waals surface area contributed by atoms with Gasteiger partial charge in [-0.15, -0.1) is 0 Å². The zero-order valence-electron chi connectivity index (χ0n) is 27.7. The van der Waals surface area contributed by atoms with Crippen LogP contribution in [0.1, 0.15) is 25.0 Å². The number of hydrogen-bond acceptors (Lipinski definition) is 3. The molecular formula is C45H31BN2O2. The van der Waals surface area contributed by atoms with Gasteiger partial charge in [0.25, 0.3) is 0 Å². The number of anilines is 3. The molecule has 8 aromatic rings. The molecule has 5 heteroatoms. The summed E-state index contributed by atoms with van der Waals surface area (Å²) in [6.45, 7) is 4.72. The van der Waals surface area contributed by atoms with E-state index in [1.807, 2.05) is 24.3 Å². The Bertz CT molecular complexity index is 2600. The fraction of sp³-hybridized carbons (Fsp3) is 0.0667. The summed E-state index contributed by atoms with van der Waals surface area (Å²) in [6.07, 6.45) is 0. The standard InChI is InChI=1S/C45H31BN2O2/c1-45(2)36-17-7-10-20-40(36)48(41-24-23-28(27-37(41)45)47-38-18-8-3-13-30(38)31-14-4-9-19-39(31)47)29-25-34-32-15-5-11-21-42(32)49-46-44(34)35(26-29)33-16-6-12-22-43(33)50-46/h3-27H,1-2H3. The molecule has 0 amide bonds. The van der Waals surface area contributed by atoms with Crippen molar-refractivity contribution in [3.8, 4) is 39.4 Å². The third-order valence-corrected chi connectivity index (χ3v) is 11.0. The van der Waals surface area contributed by atoms with Gasteiger partial charge in [-0.1, -0.05) is 105 Å². The average molecular weight is 643 g/mol. The van der Waals surface area contributed by atoms with E-state index < -0.39 is 7.12 Å². The van der Waals surface area contributed by atoms with Crippen LogP contribution in [0.2, 0.25) is 0 Å². The molecule has 4 nitrogen and oxygen atoms in total. The van der Waals surface area contributed by atoms with Crippen molar-refractivity contribution in [2.24, 2.45) is 0 Å². The summed E-state index contributed by atoms with van der Waals surface area (Å²) in [5, 5.41) is 2.53. The van der Waals surface area contributed by atoms with Gasteiger partial charge in [0.05, 0.1) is 22.4 Å². The monoisotopic (exact) mass is 642 g/mol. The third-order valence-electron chi connectivity index (χ3n) is 11.0. The lowest BCUT2D eigenvalue weighted by atomic mass is 9.66. The zero-order chi connectivity index (χ0) is 33.1. The summed E-state index contributed by atoms with van der Waals surface area (Å²) in [7, 11) is -0.507. The molecule has 236 valence electrons. The highest BCUT2D eigenvalue weighted by atomic mass is 16.6. The summed E-state index contributed by atoms with van der Waals surface area (Å²) in [5.74, 6) is 1.67. The molecule has 0 unspecified atom stereocenters. The SMILES string of the molecule is CC1(C)c2ccccc2N(c2cc3c4c(c2)-c2ccccc2OB4Oc2ccccc2-3)c2ccc(-n3c4ccccc4c4ccccc43)cc21. The summed E-state index contributed by atoms with van der Waals surface area (Å²) in [6, 6.07) is 54.7. The molecule has 0 aliphatic carbocycles. The third kappa shape index (κ3) is 3.67. The Balaban J connectivity index is 1.19. The van der Waals surface area contributed by atoms with Crippen molar-refractivity contribution in [1.29, 1.82) is 0 Å². The van der Waals surface area contributed by atoms with Crippen molar-refractivity contribution < 1.29 is 9.31 Å². The first-order chi connectivity index (χ1) is 24.6. The Morgan fingerprint density at radius 3 is 1.68 bits per heavy atom. The molecule has 1 aromatic heterocycles. The highest BCUT2D eigenvalue weighted by Gasteiger charge is 2.43. The molecule has 3 aliphatic heterocycles. The van der Waals surface area contributed by atoms with Gasteiger partial charge in [-0.2, -0.15) is 0 Å². The van der Waals surface area contributed by atoms with E-state index in [1.54, 1.807) is 0 Å². The van der Waals surface area contributed by atoms with Crippen molar-refractivity contribution in [2.75, 3.05) is 4.90 Å². The van der Waals surface area contributed by atoms with E-state index in [9.17, 15) is 0 Å². The van der Waals surface area contributed by atoms with Crippen molar-refractivity contribution in [1.82, 2.24) is 4.57 Å². The Morgan fingerprint density at radius 1 is 0.480 bits per heavy atom. The number of para-hydroxylation sites is 5. The van der Waals surface area contributed by atoms with Gasteiger partial charge in [-0.05, 0) is 82.9 Å². The maximum Gasteiger partial charge on any atom is 0.633 e. The van der Waals surface area contributed by atoms with Crippen LogP contribution in [0.25, 0.3) is 49.7 Å². The van der Waals surface area contributed by atoms with Crippen LogP contribution in [-0.2, 0) is 5.41 Å². The van der Waals surface area contributed by atoms with Crippen LogP contribution in [0.3, 0.4) is 0 Å². The molecule has 0 spiro atoms. The minimum Gasteiger partial charge on any atom is -0.521 e. The minimum atomic E-state index is -0.507. The molecule has 0 radical (unpaired) electrons. The number of nitrogens with zero attached hydrogens (tertiary/aromatic N) is 2. The number of rotatable bonds is 2. The molecule has 50 heavy (non-hydrogen) atoms. The second-order valence-corrected chi connectivity index (χ2v) is 14.1. The maximum absolute atomic E-state index is 6.49. The van der Waals surface area contributed by atoms with Gasteiger partial charge in [-0.25, -0.2) is 0 Å². The van der Waals surface area contributed by atoms with E-state index in [0.29, 0.717) is 0 Å². The molecule has 0 fully saturated rings. The Morgan fingerprint density at radius 2 is 1.02 bits per heavy atom. The first-order valence-corrected chi connectivity index (χ1v) is 17.3. The van der Waals surface area contributed by atoms with Crippen LogP contribution in [0, 0.1) is 0 Å². The quantitative estimate of drug-likeness (QED) is 0.176. The number of benzene rings is 7. The van der Waals surface area contributed by atoms with Crippen molar-refractivity contribution in [3.63, 3.8) is 0 Å². The van der Waals surface area contributed by atoms with Crippen LogP contribution in [-0.4, -0.2) is 11.7 Å². The first kappa shape index (κ1) is 27.7. The molecule has 0 saturated carbocycles. The lowest BCUT2D eigenvalue weighted by Gasteiger charge is -2.43. The zero-order valence-corrected chi connectivity index (χ0v) is 27.7. The number of fused-ring (bicyclic) bond motifs is 9. The maximum atomic E-state index is 6.49. The molecule has 4 heterocycles. The molecular weight excluding hydrogens is 611 g/mol. The predicted molar refractivity (Wildman–Crippen MR) is 205 cm³/mol. The predicted octanol–water partition coefficient (Wildman–Crippen LogP) is 10.7. The van der Waals surface area contributed by atoms with Gasteiger partial charge in [0.2, 0.25) is 0 Å². The van der Waals surface area contributed by atoms with Crippen LogP contribution < -0.4 is 19.7 Å². The molecule has 11 rings (SSSR count). The molecule has 3 aliphatic rings. The molecule has 0 atom stereocenters. The highest BCUT2D eigenvalue weighted by molar-refractivity contribution is 6.68. The fourth-order valence-electron chi connectivity index (χ4n) is 8.73. The average Bonchev–Trinajstić information content (AvgIpc) is 3.49. The second-order valence-electron chi connectivity index (χ2n) is 14.1. The van der Waals surface area contributed by atoms with Crippen LogP contribution >= 0.6 is 0 Å². The van der Waals surface area contributed by atoms with E-state index >= 15 is 0 Å². The minimum absolute atomic E-state index is 0.244. The smallest absolute Gasteiger partial charge is 0.521 e. The van der Waals surface area contributed by atoms with E-state index in [-0.39, 0.29) is 5.41 Å². The lowest BCUT2D eigenvalue weighted by molar-refractivity contribution is 0.436. The van der Waals surface area contributed by atoms with E-state index in [4.69, 9.17) is 9.31 Å². The fourth-order valence-corrected chi connectivity index (χ4v) is 8.73. The van der Waals surface area contributed by atoms with E-state index in [1.165, 1.54) is 44.3 Å². The molecule has 0 bridgehead atoms. The van der Waals surface area contributed by atoms with Gasteiger partial charge in [0.15, 0.2) is 0 Å². The first-order valence-electron chi connectivity index (χ1n) is 17.3. The summed E-state index contributed by atoms with van der Waals surface area (Å²) >= 11 is 0. The van der Waals surface area contributed by atoms with E-state index in [2.05, 4.69) is 151 Å². The highest BCUT2D eigenvalue weighted by Crippen LogP contribution is 2.54. The lowest BCUT2D eigenvalue weighted by Crippen LogP contribution is -2.49. The van der Waals surface area contributed by atoms with Gasteiger partial charge >= 0.3 is 7.12 Å². The van der Waals surface area contributed by atoms with Crippen molar-refractivity contribution >= 4 is 51.4 Å². The van der Waals surface area contributed by atoms with Crippen molar-refractivity contribution in [3.05, 3.63) is 163 Å². The van der Waals surface area contributed by atoms with Crippen LogP contribution in [0.5, 0.6) is 11.5 Å². The van der Waals surface area contributed by atoms with Crippen LogP contribution in [0.4, 0.5) is 17.1 Å². The second kappa shape index (κ2) is 9.93. The molecule has 0 N–H and O–H groups in total. The Labute approximate surface area is 290 Å². The molecule has 7 aromatic carbocycles. The van der Waals surface area contributed by atoms with Gasteiger partial charge in [0, 0.05) is 44.2 Å². The van der Waals surface area contributed by atoms with Crippen molar-refractivity contribution in [2.45, 2.75) is 19.3 Å². The Kier molecular flexibility index (Phi) is 5.50. The van der Waals surface area contributed by atoms with Gasteiger partial charge < -0.3 is 18.8 Å². The Hall–Kier alpha value is -6.20. The van der Waals surface area contributed by atoms with Crippen LogP contribution in [0.15, 0.2) is 152 Å². The molecule has 0 saturated heterocycles. The summed E-state index contributed by atoms with van der Waals surface area (Å²) < 4.78 is 15.4. The van der Waals surface area contributed by atoms with E-state index in [0.717, 1.165) is 50.6 Å². The summed E-state index contributed by atoms with van der Waals surface area (Å²) in [5.41, 5.74) is 14.9. The summed E-state index contributed by atoms with van der Waals surface area (Å²) in [4.78, 5) is 2.47. The van der Waals surface area contributed by atoms with Gasteiger partial charge in [0.1, 0.15) is 11.5 Å².